The summed E-state index contributed by atoms with van der Waals surface area (Å²) in [5.74, 6) is 0. The van der Waals surface area contributed by atoms with E-state index in [-0.39, 0.29) is 22.7 Å². The lowest BCUT2D eigenvalue weighted by Crippen LogP contribution is -2.31. The number of nitrogens with two attached hydrogens (primary N) is 1. The van der Waals surface area contributed by atoms with Crippen molar-refractivity contribution in [3.05, 3.63) is 57.1 Å². The van der Waals surface area contributed by atoms with Crippen molar-refractivity contribution < 1.29 is 13.2 Å². The van der Waals surface area contributed by atoms with E-state index in [9.17, 15) is 18.4 Å². The fourth-order valence-electron chi connectivity index (χ4n) is 3.27. The molecule has 0 amide bonds. The van der Waals surface area contributed by atoms with E-state index in [1.807, 2.05) is 6.92 Å². The van der Waals surface area contributed by atoms with Gasteiger partial charge in [-0.3, -0.25) is 0 Å². The van der Waals surface area contributed by atoms with Crippen LogP contribution in [0.5, 0.6) is 0 Å². The molecule has 2 N–H and O–H groups in total. The summed E-state index contributed by atoms with van der Waals surface area (Å²) in [6, 6.07) is 6.85. The fourth-order valence-corrected chi connectivity index (χ4v) is 3.70. The van der Waals surface area contributed by atoms with Crippen molar-refractivity contribution in [1.29, 1.82) is 5.26 Å². The van der Waals surface area contributed by atoms with Crippen LogP contribution in [-0.4, -0.2) is 20.0 Å². The van der Waals surface area contributed by atoms with Gasteiger partial charge in [0.25, 0.3) is 0 Å². The minimum atomic E-state index is -4.58. The lowest BCUT2D eigenvalue weighted by Gasteiger charge is -2.25. The fraction of sp³-hybridized carbons (Fsp3) is 0.300. The number of benzene rings is 2. The van der Waals surface area contributed by atoms with Crippen LogP contribution in [0.15, 0.2) is 24.3 Å². The van der Waals surface area contributed by atoms with Crippen molar-refractivity contribution in [1.82, 2.24) is 15.0 Å². The van der Waals surface area contributed by atoms with E-state index in [1.54, 1.807) is 13.0 Å². The van der Waals surface area contributed by atoms with Crippen molar-refractivity contribution in [3.8, 4) is 6.07 Å². The van der Waals surface area contributed by atoms with Gasteiger partial charge in [0.15, 0.2) is 0 Å². The number of halogens is 4. The Morgan fingerprint density at radius 3 is 2.43 bits per heavy atom. The van der Waals surface area contributed by atoms with Gasteiger partial charge < -0.3 is 5.73 Å². The molecule has 156 valence electrons. The van der Waals surface area contributed by atoms with Crippen LogP contribution in [0.25, 0.3) is 11.0 Å². The van der Waals surface area contributed by atoms with Crippen LogP contribution in [0.4, 0.5) is 13.2 Å². The molecule has 0 aliphatic carbocycles. The summed E-state index contributed by atoms with van der Waals surface area (Å²) in [5.41, 5.74) is 6.38. The molecule has 5 nitrogen and oxygen atoms in total. The number of aryl methyl sites for hydroxylation is 2. The van der Waals surface area contributed by atoms with E-state index in [1.165, 1.54) is 17.8 Å². The van der Waals surface area contributed by atoms with Crippen molar-refractivity contribution in [3.63, 3.8) is 0 Å². The van der Waals surface area contributed by atoms with E-state index in [0.29, 0.717) is 16.1 Å². The number of fused-ring (bicyclic) bond motifs is 1. The molecule has 1 heterocycles. The molecular formula is C20H17ClF3N5S. The molecule has 0 saturated carbocycles. The summed E-state index contributed by atoms with van der Waals surface area (Å²) in [7, 11) is 0. The number of nitriles is 1. The van der Waals surface area contributed by atoms with Crippen LogP contribution in [-0.2, 0) is 18.1 Å². The Kier molecular flexibility index (Phi) is 5.52. The first-order valence-corrected chi connectivity index (χ1v) is 9.59. The molecule has 0 fully saturated rings. The smallest absolute Gasteiger partial charge is 0.389 e. The summed E-state index contributed by atoms with van der Waals surface area (Å²) in [6.07, 6.45) is -4.58. The van der Waals surface area contributed by atoms with E-state index < -0.39 is 17.2 Å². The van der Waals surface area contributed by atoms with Crippen LogP contribution in [0.1, 0.15) is 34.7 Å². The molecule has 0 spiro atoms. The van der Waals surface area contributed by atoms with Gasteiger partial charge in [-0.2, -0.15) is 33.4 Å². The largest absolute Gasteiger partial charge is 0.416 e. The molecule has 0 saturated heterocycles. The summed E-state index contributed by atoms with van der Waals surface area (Å²) in [5, 5.41) is 19.3. The molecule has 0 bridgehead atoms. The highest BCUT2D eigenvalue weighted by atomic mass is 35.5. The minimum absolute atomic E-state index is 0.0696. The molecule has 30 heavy (non-hydrogen) atoms. The second kappa shape index (κ2) is 7.52. The predicted molar refractivity (Wildman–Crippen MR) is 112 cm³/mol. The Hall–Kier alpha value is -2.70. The van der Waals surface area contributed by atoms with Gasteiger partial charge in [0.05, 0.1) is 18.2 Å². The van der Waals surface area contributed by atoms with Gasteiger partial charge in [0, 0.05) is 10.6 Å². The van der Waals surface area contributed by atoms with Crippen LogP contribution < -0.4 is 5.73 Å². The van der Waals surface area contributed by atoms with Gasteiger partial charge in [0.2, 0.25) is 0 Å². The molecule has 3 aromatic rings. The van der Waals surface area contributed by atoms with Gasteiger partial charge in [-0.15, -0.1) is 0 Å². The average molecular weight is 452 g/mol. The highest BCUT2D eigenvalue weighted by Gasteiger charge is 2.36. The normalized spacial score (nSPS) is 13.8. The lowest BCUT2D eigenvalue weighted by molar-refractivity contribution is -0.137. The minimum Gasteiger partial charge on any atom is -0.389 e. The number of hydrogen-bond donors (Lipinski definition) is 1. The molecule has 1 atom stereocenters. The third kappa shape index (κ3) is 3.85. The van der Waals surface area contributed by atoms with Gasteiger partial charge in [-0.25, -0.2) is 0 Å². The van der Waals surface area contributed by atoms with Gasteiger partial charge >= 0.3 is 6.18 Å². The number of alkyl halides is 3. The Morgan fingerprint density at radius 1 is 1.23 bits per heavy atom. The van der Waals surface area contributed by atoms with Crippen LogP contribution >= 0.6 is 23.8 Å². The Bertz CT molecular complexity index is 1210. The standard InChI is InChI=1S/C20H17ClF3N5S/c1-10-6-15(21)11(2)17-16(10)27-29(28-17)9-19(3,8-25)14-7-12(20(22,23)24)4-5-13(14)18(26)30/h4-7H,9H2,1-3H3,(H2,26,30). The number of rotatable bonds is 4. The molecule has 0 aliphatic rings. The van der Waals surface area contributed by atoms with Gasteiger partial charge in [-0.05, 0) is 55.7 Å². The third-order valence-electron chi connectivity index (χ3n) is 5.00. The number of nitrogens with zero attached hydrogens (tertiary/aromatic N) is 4. The van der Waals surface area contributed by atoms with Crippen LogP contribution in [0.3, 0.4) is 0 Å². The number of hydrogen-bond acceptors (Lipinski definition) is 4. The molecule has 1 aromatic heterocycles. The molecular weight excluding hydrogens is 435 g/mol. The van der Waals surface area contributed by atoms with Crippen molar-refractivity contribution in [2.75, 3.05) is 0 Å². The van der Waals surface area contributed by atoms with Gasteiger partial charge in [-0.1, -0.05) is 29.9 Å². The second-order valence-electron chi connectivity index (χ2n) is 7.29. The number of aromatic nitrogens is 3. The maximum Gasteiger partial charge on any atom is 0.416 e. The molecule has 3 rings (SSSR count). The van der Waals surface area contributed by atoms with Crippen LogP contribution in [0.2, 0.25) is 5.02 Å². The molecule has 1 unspecified atom stereocenters. The van der Waals surface area contributed by atoms with Crippen molar-refractivity contribution in [2.45, 2.75) is 38.9 Å². The Labute approximate surface area is 181 Å². The quantitative estimate of drug-likeness (QED) is 0.574. The second-order valence-corrected chi connectivity index (χ2v) is 8.14. The van der Waals surface area contributed by atoms with E-state index >= 15 is 0 Å². The summed E-state index contributed by atoms with van der Waals surface area (Å²) in [6.45, 7) is 5.02. The highest BCUT2D eigenvalue weighted by Crippen LogP contribution is 2.36. The summed E-state index contributed by atoms with van der Waals surface area (Å²) < 4.78 is 39.9. The zero-order valence-electron chi connectivity index (χ0n) is 16.3. The zero-order valence-corrected chi connectivity index (χ0v) is 17.9. The summed E-state index contributed by atoms with van der Waals surface area (Å²) >= 11 is 11.2. The molecule has 2 aromatic carbocycles. The van der Waals surface area contributed by atoms with Crippen LogP contribution in [0, 0.1) is 25.2 Å². The van der Waals surface area contributed by atoms with E-state index in [2.05, 4.69) is 16.3 Å². The Morgan fingerprint density at radius 2 is 1.87 bits per heavy atom. The highest BCUT2D eigenvalue weighted by molar-refractivity contribution is 7.80. The molecule has 0 aliphatic heterocycles. The maximum atomic E-state index is 13.3. The topological polar surface area (TPSA) is 80.5 Å². The SMILES string of the molecule is Cc1cc(Cl)c(C)c2nn(CC(C)(C#N)c3cc(C(F)(F)F)ccc3C(N)=S)nc12. The maximum absolute atomic E-state index is 13.3. The predicted octanol–water partition coefficient (Wildman–Crippen LogP) is 4.84. The summed E-state index contributed by atoms with van der Waals surface area (Å²) in [4.78, 5) is 1.20. The average Bonchev–Trinajstić information content (AvgIpc) is 3.09. The molecule has 0 radical (unpaired) electrons. The monoisotopic (exact) mass is 451 g/mol. The third-order valence-corrected chi connectivity index (χ3v) is 5.61. The van der Waals surface area contributed by atoms with E-state index in [0.717, 1.165) is 23.3 Å². The first kappa shape index (κ1) is 22.0. The molecule has 10 heteroatoms. The van der Waals surface area contributed by atoms with E-state index in [4.69, 9.17) is 29.6 Å². The van der Waals surface area contributed by atoms with Gasteiger partial charge in [0.1, 0.15) is 21.4 Å². The van der Waals surface area contributed by atoms with Crippen molar-refractivity contribution in [2.24, 2.45) is 5.73 Å². The Balaban J connectivity index is 2.16. The van der Waals surface area contributed by atoms with Crippen molar-refractivity contribution >= 4 is 39.8 Å². The first-order chi connectivity index (χ1) is 13.9. The number of thiocarbonyl (C=S) groups is 1. The lowest BCUT2D eigenvalue weighted by atomic mass is 9.80. The zero-order chi connectivity index (χ0) is 22.4. The first-order valence-electron chi connectivity index (χ1n) is 8.80.